The predicted octanol–water partition coefficient (Wildman–Crippen LogP) is 3.62. The van der Waals surface area contributed by atoms with Gasteiger partial charge in [-0.1, -0.05) is 43.7 Å². The van der Waals surface area contributed by atoms with Gasteiger partial charge in [-0.05, 0) is 26.3 Å². The highest BCUT2D eigenvalue weighted by Crippen LogP contribution is 2.38. The lowest BCUT2D eigenvalue weighted by Gasteiger charge is -2.19. The average Bonchev–Trinajstić information content (AvgIpc) is 2.62. The second kappa shape index (κ2) is 6.06. The maximum atomic E-state index is 12.7. The van der Waals surface area contributed by atoms with Crippen molar-refractivity contribution in [1.82, 2.24) is 4.90 Å². The third-order valence-electron chi connectivity index (χ3n) is 3.28. The van der Waals surface area contributed by atoms with Crippen LogP contribution < -0.4 is 0 Å². The highest BCUT2D eigenvalue weighted by molar-refractivity contribution is 8.04. The van der Waals surface area contributed by atoms with Crippen LogP contribution in [0.3, 0.4) is 0 Å². The van der Waals surface area contributed by atoms with Gasteiger partial charge in [-0.25, -0.2) is 0 Å². The molecule has 0 radical (unpaired) electrons. The van der Waals surface area contributed by atoms with Gasteiger partial charge in [-0.3, -0.25) is 14.5 Å². The van der Waals surface area contributed by atoms with Gasteiger partial charge in [0.2, 0.25) is 0 Å². The molecule has 2 rings (SSSR count). The van der Waals surface area contributed by atoms with Crippen molar-refractivity contribution >= 4 is 29.1 Å². The molecule has 4 heteroatoms. The molecule has 0 saturated carbocycles. The van der Waals surface area contributed by atoms with Gasteiger partial charge in [-0.15, -0.1) is 11.8 Å². The number of rotatable bonds is 4. The highest BCUT2D eigenvalue weighted by atomic mass is 32.2. The first-order valence-corrected chi connectivity index (χ1v) is 8.06. The third-order valence-corrected chi connectivity index (χ3v) is 4.37. The molecule has 0 aliphatic carbocycles. The zero-order valence-electron chi connectivity index (χ0n) is 13.1. The smallest absolute Gasteiger partial charge is 0.268 e. The SMILES string of the molecule is Cc1ccc(C2=C(SC(C)C)C(=O)N(C(C)C)C2=O)cc1. The number of aryl methyl sites for hydroxylation is 1. The molecule has 0 spiro atoms. The Labute approximate surface area is 130 Å². The second-order valence-corrected chi connectivity index (χ2v) is 7.40. The number of carbonyl (C=O) groups is 2. The van der Waals surface area contributed by atoms with Crippen molar-refractivity contribution in [2.75, 3.05) is 0 Å². The number of hydrogen-bond acceptors (Lipinski definition) is 3. The van der Waals surface area contributed by atoms with Gasteiger partial charge < -0.3 is 0 Å². The summed E-state index contributed by atoms with van der Waals surface area (Å²) in [7, 11) is 0. The van der Waals surface area contributed by atoms with Crippen molar-refractivity contribution in [1.29, 1.82) is 0 Å². The minimum atomic E-state index is -0.179. The monoisotopic (exact) mass is 303 g/mol. The number of nitrogens with zero attached hydrogens (tertiary/aromatic N) is 1. The molecular formula is C17H21NO2S. The number of thioether (sulfide) groups is 1. The normalized spacial score (nSPS) is 15.9. The molecule has 0 aromatic heterocycles. The summed E-state index contributed by atoms with van der Waals surface area (Å²) in [5, 5.41) is 0.254. The lowest BCUT2D eigenvalue weighted by molar-refractivity contribution is -0.138. The van der Waals surface area contributed by atoms with Crippen LogP contribution >= 0.6 is 11.8 Å². The molecule has 21 heavy (non-hydrogen) atoms. The zero-order chi connectivity index (χ0) is 15.7. The molecule has 2 amide bonds. The zero-order valence-corrected chi connectivity index (χ0v) is 14.0. The third kappa shape index (κ3) is 3.05. The number of amides is 2. The first-order chi connectivity index (χ1) is 9.82. The van der Waals surface area contributed by atoms with E-state index in [9.17, 15) is 9.59 Å². The van der Waals surface area contributed by atoms with E-state index in [1.54, 1.807) is 0 Å². The van der Waals surface area contributed by atoms with E-state index >= 15 is 0 Å². The Morgan fingerprint density at radius 3 is 2.00 bits per heavy atom. The maximum Gasteiger partial charge on any atom is 0.268 e. The fraction of sp³-hybridized carbons (Fsp3) is 0.412. The van der Waals surface area contributed by atoms with E-state index in [-0.39, 0.29) is 23.1 Å². The average molecular weight is 303 g/mol. The van der Waals surface area contributed by atoms with E-state index in [1.807, 2.05) is 58.9 Å². The van der Waals surface area contributed by atoms with Crippen LogP contribution in [0.15, 0.2) is 29.2 Å². The van der Waals surface area contributed by atoms with Crippen LogP contribution in [-0.4, -0.2) is 28.0 Å². The summed E-state index contributed by atoms with van der Waals surface area (Å²) in [6.45, 7) is 9.79. The molecular weight excluding hydrogens is 282 g/mol. The van der Waals surface area contributed by atoms with Crippen LogP contribution in [0.1, 0.15) is 38.8 Å². The van der Waals surface area contributed by atoms with Gasteiger partial charge in [0.05, 0.1) is 10.5 Å². The van der Waals surface area contributed by atoms with Crippen LogP contribution in [0, 0.1) is 6.92 Å². The molecule has 1 aromatic rings. The van der Waals surface area contributed by atoms with Gasteiger partial charge >= 0.3 is 0 Å². The Morgan fingerprint density at radius 1 is 0.952 bits per heavy atom. The number of hydrogen-bond donors (Lipinski definition) is 0. The molecule has 0 atom stereocenters. The molecule has 0 fully saturated rings. The van der Waals surface area contributed by atoms with Crippen molar-refractivity contribution < 1.29 is 9.59 Å². The van der Waals surface area contributed by atoms with Gasteiger partial charge in [-0.2, -0.15) is 0 Å². The summed E-state index contributed by atoms with van der Waals surface area (Å²) < 4.78 is 0. The van der Waals surface area contributed by atoms with Crippen molar-refractivity contribution in [3.63, 3.8) is 0 Å². The van der Waals surface area contributed by atoms with E-state index in [0.717, 1.165) is 11.1 Å². The molecule has 0 N–H and O–H groups in total. The van der Waals surface area contributed by atoms with E-state index in [0.29, 0.717) is 10.5 Å². The minimum Gasteiger partial charge on any atom is -0.271 e. The van der Waals surface area contributed by atoms with E-state index in [4.69, 9.17) is 0 Å². The van der Waals surface area contributed by atoms with Gasteiger partial charge in [0.15, 0.2) is 0 Å². The van der Waals surface area contributed by atoms with Crippen molar-refractivity contribution in [2.24, 2.45) is 0 Å². The van der Waals surface area contributed by atoms with Crippen LogP contribution in [0.2, 0.25) is 0 Å². The van der Waals surface area contributed by atoms with Crippen LogP contribution in [0.5, 0.6) is 0 Å². The maximum absolute atomic E-state index is 12.7. The molecule has 1 aromatic carbocycles. The Balaban J connectivity index is 2.54. The van der Waals surface area contributed by atoms with Crippen molar-refractivity contribution in [3.05, 3.63) is 40.3 Å². The fourth-order valence-electron chi connectivity index (χ4n) is 2.31. The first kappa shape index (κ1) is 15.8. The fourth-order valence-corrected chi connectivity index (χ4v) is 3.31. The molecule has 112 valence electrons. The lowest BCUT2D eigenvalue weighted by atomic mass is 10.0. The number of carbonyl (C=O) groups excluding carboxylic acids is 2. The Bertz CT molecular complexity index is 600. The molecule has 3 nitrogen and oxygen atoms in total. The van der Waals surface area contributed by atoms with E-state index in [2.05, 4.69) is 0 Å². The number of benzene rings is 1. The molecule has 0 unspecified atom stereocenters. The molecule has 1 heterocycles. The summed E-state index contributed by atoms with van der Waals surface area (Å²) in [4.78, 5) is 27.2. The Hall–Kier alpha value is -1.55. The summed E-state index contributed by atoms with van der Waals surface area (Å²) in [6.07, 6.45) is 0. The van der Waals surface area contributed by atoms with Crippen molar-refractivity contribution in [3.8, 4) is 0 Å². The summed E-state index contributed by atoms with van der Waals surface area (Å²) in [5.41, 5.74) is 2.51. The lowest BCUT2D eigenvalue weighted by Crippen LogP contribution is -2.37. The number of imide groups is 1. The highest BCUT2D eigenvalue weighted by Gasteiger charge is 2.40. The van der Waals surface area contributed by atoms with Gasteiger partial charge in [0.1, 0.15) is 0 Å². The van der Waals surface area contributed by atoms with Crippen LogP contribution in [-0.2, 0) is 9.59 Å². The standard InChI is InChI=1S/C17H21NO2S/c1-10(2)18-16(19)14(13-8-6-12(5)7-9-13)15(17(18)20)21-11(3)4/h6-11H,1-5H3. The van der Waals surface area contributed by atoms with Crippen LogP contribution in [0.4, 0.5) is 0 Å². The summed E-state index contributed by atoms with van der Waals surface area (Å²) in [5.74, 6) is -0.341. The summed E-state index contributed by atoms with van der Waals surface area (Å²) >= 11 is 1.47. The Morgan fingerprint density at radius 2 is 1.52 bits per heavy atom. The molecule has 1 aliphatic heterocycles. The van der Waals surface area contributed by atoms with E-state index < -0.39 is 0 Å². The predicted molar refractivity (Wildman–Crippen MR) is 87.8 cm³/mol. The molecule has 0 bridgehead atoms. The van der Waals surface area contributed by atoms with Gasteiger partial charge in [0, 0.05) is 11.3 Å². The minimum absolute atomic E-state index is 0.129. The van der Waals surface area contributed by atoms with Gasteiger partial charge in [0.25, 0.3) is 11.8 Å². The molecule has 0 saturated heterocycles. The van der Waals surface area contributed by atoms with E-state index in [1.165, 1.54) is 16.7 Å². The topological polar surface area (TPSA) is 37.4 Å². The second-order valence-electron chi connectivity index (χ2n) is 5.81. The Kier molecular flexibility index (Phi) is 4.57. The van der Waals surface area contributed by atoms with Crippen LogP contribution in [0.25, 0.3) is 5.57 Å². The summed E-state index contributed by atoms with van der Waals surface area (Å²) in [6, 6.07) is 7.64. The largest absolute Gasteiger partial charge is 0.271 e. The van der Waals surface area contributed by atoms with Crippen molar-refractivity contribution in [2.45, 2.75) is 45.9 Å². The quantitative estimate of drug-likeness (QED) is 0.797. The molecule has 1 aliphatic rings. The first-order valence-electron chi connectivity index (χ1n) is 7.18.